The highest BCUT2D eigenvalue weighted by molar-refractivity contribution is 6.69. The van der Waals surface area contributed by atoms with E-state index in [0.29, 0.717) is 5.92 Å². The van der Waals surface area contributed by atoms with Gasteiger partial charge < -0.3 is 9.22 Å². The Bertz CT molecular complexity index is 127. The number of hydrogen-bond donors (Lipinski definition) is 0. The van der Waals surface area contributed by atoms with Crippen LogP contribution in [0.25, 0.3) is 0 Å². The first kappa shape index (κ1) is 10.8. The molecule has 0 bridgehead atoms. The van der Waals surface area contributed by atoms with E-state index in [1.54, 1.807) is 0 Å². The first-order valence-electron chi connectivity index (χ1n) is 4.00. The van der Waals surface area contributed by atoms with Gasteiger partial charge >= 0.3 is 0 Å². The molecule has 0 aliphatic rings. The molecule has 0 aromatic rings. The molecule has 0 aromatic carbocycles. The van der Waals surface area contributed by atoms with Crippen molar-refractivity contribution in [1.29, 1.82) is 0 Å². The lowest BCUT2D eigenvalue weighted by Crippen LogP contribution is -2.35. The van der Waals surface area contributed by atoms with E-state index in [0.717, 1.165) is 6.29 Å². The second-order valence-corrected chi connectivity index (χ2v) is 8.54. The van der Waals surface area contributed by atoms with Crippen LogP contribution in [0.1, 0.15) is 13.8 Å². The summed E-state index contributed by atoms with van der Waals surface area (Å²) in [7, 11) is -1.54. The zero-order valence-corrected chi connectivity index (χ0v) is 9.05. The minimum atomic E-state index is -1.54. The first-order valence-corrected chi connectivity index (χ1v) is 7.41. The fourth-order valence-electron chi connectivity index (χ4n) is 0.729. The molecule has 0 aliphatic heterocycles. The summed E-state index contributed by atoms with van der Waals surface area (Å²) >= 11 is 0. The molecule has 0 saturated heterocycles. The third-order valence-corrected chi connectivity index (χ3v) is 2.26. The van der Waals surface area contributed by atoms with E-state index < -0.39 is 8.32 Å². The Hall–Kier alpha value is -0.153. The highest BCUT2D eigenvalue weighted by Gasteiger charge is 2.22. The van der Waals surface area contributed by atoms with Crippen LogP contribution < -0.4 is 0 Å². The molecule has 0 heterocycles. The van der Waals surface area contributed by atoms with Gasteiger partial charge in [0, 0.05) is 0 Å². The van der Waals surface area contributed by atoms with Gasteiger partial charge in [0.15, 0.2) is 8.32 Å². The standard InChI is InChI=1S/C8H18O2Si/c1-7(2)8(6-9)10-11(3,4)5/h6-8H,1-5H3. The zero-order valence-electron chi connectivity index (χ0n) is 8.05. The van der Waals surface area contributed by atoms with Crippen molar-refractivity contribution in [2.45, 2.75) is 39.6 Å². The number of hydrogen-bond acceptors (Lipinski definition) is 2. The van der Waals surface area contributed by atoms with Crippen LogP contribution in [0.15, 0.2) is 0 Å². The Balaban J connectivity index is 3.99. The van der Waals surface area contributed by atoms with Crippen LogP contribution in [0.2, 0.25) is 19.6 Å². The lowest BCUT2D eigenvalue weighted by molar-refractivity contribution is -0.115. The Labute approximate surface area is 70.1 Å². The number of carbonyl (C=O) groups is 1. The second kappa shape index (κ2) is 4.02. The summed E-state index contributed by atoms with van der Waals surface area (Å²) in [6, 6.07) is 0. The highest BCUT2D eigenvalue weighted by atomic mass is 28.4. The van der Waals surface area contributed by atoms with E-state index in [4.69, 9.17) is 4.43 Å². The smallest absolute Gasteiger partial charge is 0.184 e. The van der Waals surface area contributed by atoms with Crippen molar-refractivity contribution in [2.75, 3.05) is 0 Å². The molecule has 0 saturated carbocycles. The van der Waals surface area contributed by atoms with Gasteiger partial charge in [-0.05, 0) is 25.6 Å². The Morgan fingerprint density at radius 2 is 1.73 bits per heavy atom. The molecule has 0 aromatic heterocycles. The van der Waals surface area contributed by atoms with Crippen LogP contribution in [-0.2, 0) is 9.22 Å². The van der Waals surface area contributed by atoms with Gasteiger partial charge in [-0.3, -0.25) is 0 Å². The molecule has 0 aliphatic carbocycles. The topological polar surface area (TPSA) is 26.3 Å². The van der Waals surface area contributed by atoms with Crippen molar-refractivity contribution in [3.63, 3.8) is 0 Å². The van der Waals surface area contributed by atoms with Crippen LogP contribution in [0.4, 0.5) is 0 Å². The van der Waals surface area contributed by atoms with Gasteiger partial charge in [-0.1, -0.05) is 13.8 Å². The van der Waals surface area contributed by atoms with E-state index in [-0.39, 0.29) is 6.10 Å². The first-order chi connectivity index (χ1) is 4.87. The Kier molecular flexibility index (Phi) is 3.96. The van der Waals surface area contributed by atoms with Gasteiger partial charge in [0.05, 0.1) is 0 Å². The molecule has 3 heteroatoms. The number of aldehydes is 1. The predicted octanol–water partition coefficient (Wildman–Crippen LogP) is 2.06. The molecule has 0 amide bonds. The van der Waals surface area contributed by atoms with E-state index in [1.165, 1.54) is 0 Å². The summed E-state index contributed by atoms with van der Waals surface area (Å²) in [6.07, 6.45) is 0.699. The van der Waals surface area contributed by atoms with Crippen molar-refractivity contribution < 1.29 is 9.22 Å². The molecular formula is C8H18O2Si. The van der Waals surface area contributed by atoms with Crippen LogP contribution in [0.3, 0.4) is 0 Å². The Morgan fingerprint density at radius 1 is 1.27 bits per heavy atom. The summed E-state index contributed by atoms with van der Waals surface area (Å²) in [5.41, 5.74) is 0. The molecule has 0 N–H and O–H groups in total. The highest BCUT2D eigenvalue weighted by Crippen LogP contribution is 2.11. The summed E-state index contributed by atoms with van der Waals surface area (Å²) < 4.78 is 5.62. The number of rotatable bonds is 4. The normalized spacial score (nSPS) is 15.1. The fourth-order valence-corrected chi connectivity index (χ4v) is 1.87. The average molecular weight is 174 g/mol. The van der Waals surface area contributed by atoms with Gasteiger partial charge in [0.2, 0.25) is 0 Å². The monoisotopic (exact) mass is 174 g/mol. The molecule has 0 rings (SSSR count). The predicted molar refractivity (Wildman–Crippen MR) is 49.1 cm³/mol. The number of carbonyl (C=O) groups excluding carboxylic acids is 1. The van der Waals surface area contributed by atoms with Crippen molar-refractivity contribution in [1.82, 2.24) is 0 Å². The quantitative estimate of drug-likeness (QED) is 0.482. The molecule has 0 radical (unpaired) electrons. The molecule has 0 spiro atoms. The van der Waals surface area contributed by atoms with E-state index in [1.807, 2.05) is 13.8 Å². The van der Waals surface area contributed by atoms with Crippen molar-refractivity contribution >= 4 is 14.6 Å². The molecule has 2 nitrogen and oxygen atoms in total. The van der Waals surface area contributed by atoms with Gasteiger partial charge in [-0.15, -0.1) is 0 Å². The van der Waals surface area contributed by atoms with Gasteiger partial charge in [-0.25, -0.2) is 0 Å². The average Bonchev–Trinajstić information content (AvgIpc) is 1.80. The maximum atomic E-state index is 10.5. The largest absolute Gasteiger partial charge is 0.408 e. The van der Waals surface area contributed by atoms with Crippen LogP contribution >= 0.6 is 0 Å². The fraction of sp³-hybridized carbons (Fsp3) is 0.875. The molecule has 0 fully saturated rings. The molecular weight excluding hydrogens is 156 g/mol. The van der Waals surface area contributed by atoms with Crippen molar-refractivity contribution in [3.05, 3.63) is 0 Å². The zero-order chi connectivity index (χ0) is 9.07. The van der Waals surface area contributed by atoms with Crippen LogP contribution in [0, 0.1) is 5.92 Å². The van der Waals surface area contributed by atoms with Gasteiger partial charge in [0.1, 0.15) is 12.4 Å². The van der Waals surface area contributed by atoms with Crippen molar-refractivity contribution in [3.8, 4) is 0 Å². The third kappa shape index (κ3) is 5.15. The maximum Gasteiger partial charge on any atom is 0.184 e. The molecule has 1 atom stereocenters. The third-order valence-electron chi connectivity index (χ3n) is 1.28. The van der Waals surface area contributed by atoms with Crippen molar-refractivity contribution in [2.24, 2.45) is 5.92 Å². The van der Waals surface area contributed by atoms with E-state index >= 15 is 0 Å². The lowest BCUT2D eigenvalue weighted by atomic mass is 10.1. The van der Waals surface area contributed by atoms with E-state index in [9.17, 15) is 4.79 Å². The second-order valence-electron chi connectivity index (χ2n) is 4.07. The molecule has 66 valence electrons. The van der Waals surface area contributed by atoms with Crippen LogP contribution in [-0.4, -0.2) is 20.7 Å². The minimum absolute atomic E-state index is 0.207. The maximum absolute atomic E-state index is 10.5. The molecule has 1 unspecified atom stereocenters. The SMILES string of the molecule is CC(C)C(C=O)O[Si](C)(C)C. The lowest BCUT2D eigenvalue weighted by Gasteiger charge is -2.24. The minimum Gasteiger partial charge on any atom is -0.408 e. The van der Waals surface area contributed by atoms with Gasteiger partial charge in [0.25, 0.3) is 0 Å². The van der Waals surface area contributed by atoms with Gasteiger partial charge in [-0.2, -0.15) is 0 Å². The van der Waals surface area contributed by atoms with Crippen LogP contribution in [0.5, 0.6) is 0 Å². The summed E-state index contributed by atoms with van der Waals surface area (Å²) in [6.45, 7) is 10.3. The Morgan fingerprint density at radius 3 is 1.82 bits per heavy atom. The summed E-state index contributed by atoms with van der Waals surface area (Å²) in [5, 5.41) is 0. The molecule has 11 heavy (non-hydrogen) atoms. The summed E-state index contributed by atoms with van der Waals surface area (Å²) in [4.78, 5) is 10.5. The summed E-state index contributed by atoms with van der Waals surface area (Å²) in [5.74, 6) is 0.291. The van der Waals surface area contributed by atoms with E-state index in [2.05, 4.69) is 19.6 Å².